The van der Waals surface area contributed by atoms with E-state index in [9.17, 15) is 15.0 Å². The molecule has 0 radical (unpaired) electrons. The molecule has 1 aromatic carbocycles. The number of carbonyl (C=O) groups is 1. The second-order valence-corrected chi connectivity index (χ2v) is 12.5. The third-order valence-electron chi connectivity index (χ3n) is 11.3. The number of rotatable bonds is 3. The molecule has 5 heteroatoms. The van der Waals surface area contributed by atoms with E-state index in [1.54, 1.807) is 0 Å². The zero-order valence-corrected chi connectivity index (χ0v) is 19.7. The van der Waals surface area contributed by atoms with Crippen molar-refractivity contribution < 1.29 is 15.0 Å². The zero-order valence-electron chi connectivity index (χ0n) is 19.7. The summed E-state index contributed by atoms with van der Waals surface area (Å²) < 4.78 is 0. The van der Waals surface area contributed by atoms with E-state index in [0.717, 1.165) is 24.8 Å². The molecule has 3 aliphatic carbocycles. The normalized spacial score (nSPS) is 49.7. The van der Waals surface area contributed by atoms with Crippen molar-refractivity contribution in [3.05, 3.63) is 35.4 Å². The fourth-order valence-electron chi connectivity index (χ4n) is 9.81. The molecule has 3 saturated heterocycles. The summed E-state index contributed by atoms with van der Waals surface area (Å²) in [4.78, 5) is 13.5. The van der Waals surface area contributed by atoms with Crippen molar-refractivity contribution in [2.45, 2.75) is 94.2 Å². The van der Waals surface area contributed by atoms with Crippen LogP contribution in [-0.2, 0) is 0 Å². The summed E-state index contributed by atoms with van der Waals surface area (Å²) in [6, 6.07) is 9.21. The average Bonchev–Trinajstić information content (AvgIpc) is 3.14. The summed E-state index contributed by atoms with van der Waals surface area (Å²) in [5, 5.41) is 27.1. The maximum absolute atomic E-state index is 11.8. The Hall–Kier alpha value is -1.27. The molecule has 0 bridgehead atoms. The minimum absolute atomic E-state index is 0.0834. The molecule has 178 valence electrons. The van der Waals surface area contributed by atoms with Crippen LogP contribution >= 0.6 is 0 Å². The van der Waals surface area contributed by atoms with E-state index in [-0.39, 0.29) is 17.4 Å². The Bertz CT molecular complexity index is 943. The number of fused-ring (bicyclic) bond motifs is 7. The first kappa shape index (κ1) is 21.0. The largest absolute Gasteiger partial charge is 0.392 e. The van der Waals surface area contributed by atoms with Gasteiger partial charge in [0.2, 0.25) is 0 Å². The lowest BCUT2D eigenvalue weighted by Crippen LogP contribution is -2.63. The molecule has 5 nitrogen and oxygen atoms in total. The maximum Gasteiger partial charge on any atom is 0.150 e. The van der Waals surface area contributed by atoms with E-state index in [4.69, 9.17) is 0 Å². The summed E-state index contributed by atoms with van der Waals surface area (Å²) >= 11 is 0. The van der Waals surface area contributed by atoms with Crippen molar-refractivity contribution in [2.24, 2.45) is 29.1 Å². The lowest BCUT2D eigenvalue weighted by Gasteiger charge is -2.52. The molecule has 3 N–H and O–H groups in total. The van der Waals surface area contributed by atoms with Crippen LogP contribution in [0.3, 0.4) is 0 Å². The lowest BCUT2D eigenvalue weighted by molar-refractivity contribution is -0.0370. The fourth-order valence-corrected chi connectivity index (χ4v) is 9.81. The van der Waals surface area contributed by atoms with Crippen LogP contribution in [0.5, 0.6) is 0 Å². The number of aliphatic hydroxyl groups is 2. The predicted molar refractivity (Wildman–Crippen MR) is 126 cm³/mol. The highest BCUT2D eigenvalue weighted by Crippen LogP contribution is 2.64. The number of piperidine rings is 2. The van der Waals surface area contributed by atoms with Crippen LogP contribution in [0.4, 0.5) is 0 Å². The summed E-state index contributed by atoms with van der Waals surface area (Å²) in [5.74, 6) is 2.35. The molecule has 3 aliphatic heterocycles. The number of nitrogens with zero attached hydrogens (tertiary/aromatic N) is 1. The van der Waals surface area contributed by atoms with Crippen LogP contribution in [0, 0.1) is 29.1 Å². The average molecular weight is 451 g/mol. The second-order valence-electron chi connectivity index (χ2n) is 12.5. The van der Waals surface area contributed by atoms with Crippen LogP contribution in [-0.4, -0.2) is 57.9 Å². The van der Waals surface area contributed by atoms with Gasteiger partial charge in [0, 0.05) is 41.6 Å². The van der Waals surface area contributed by atoms with Gasteiger partial charge in [0.25, 0.3) is 0 Å². The van der Waals surface area contributed by atoms with Crippen molar-refractivity contribution in [3.63, 3.8) is 0 Å². The van der Waals surface area contributed by atoms with Crippen molar-refractivity contribution in [2.75, 3.05) is 6.54 Å². The first-order valence-electron chi connectivity index (χ1n) is 13.4. The summed E-state index contributed by atoms with van der Waals surface area (Å²) in [6.45, 7) is 3.10. The highest BCUT2D eigenvalue weighted by atomic mass is 16.3. The van der Waals surface area contributed by atoms with Gasteiger partial charge in [-0.1, -0.05) is 44.0 Å². The second kappa shape index (κ2) is 7.13. The first-order chi connectivity index (χ1) is 16.0. The van der Waals surface area contributed by atoms with Crippen LogP contribution in [0.1, 0.15) is 80.1 Å². The number of hydrogen-bond acceptors (Lipinski definition) is 5. The fraction of sp³-hybridized carbons (Fsp3) is 0.750. The highest BCUT2D eigenvalue weighted by molar-refractivity contribution is 5.74. The van der Waals surface area contributed by atoms with Gasteiger partial charge in [0.05, 0.1) is 6.10 Å². The Morgan fingerprint density at radius 2 is 1.88 bits per heavy atom. The van der Waals surface area contributed by atoms with Crippen molar-refractivity contribution >= 4 is 6.29 Å². The number of aldehydes is 1. The van der Waals surface area contributed by atoms with Gasteiger partial charge in [-0.3, -0.25) is 9.69 Å². The van der Waals surface area contributed by atoms with Crippen LogP contribution < -0.4 is 5.32 Å². The third-order valence-corrected chi connectivity index (χ3v) is 11.3. The molecule has 1 spiro atoms. The maximum atomic E-state index is 11.8. The van der Waals surface area contributed by atoms with Crippen LogP contribution in [0.15, 0.2) is 24.3 Å². The van der Waals surface area contributed by atoms with E-state index in [0.29, 0.717) is 41.8 Å². The SMILES string of the molecule is C[C@H](c1ccc(C=O)cc1)[C@@H]1[C@@H]2CC[C@H]3C[C@@H]4C[C@H](O)C5(CCCC5)[C@H]4N[C@H]3[C@@H]2[C@@]2(O)CN12. The Balaban J connectivity index is 1.18. The van der Waals surface area contributed by atoms with Crippen molar-refractivity contribution in [1.82, 2.24) is 10.2 Å². The zero-order chi connectivity index (χ0) is 22.5. The van der Waals surface area contributed by atoms with Crippen molar-refractivity contribution in [1.29, 1.82) is 0 Å². The number of aliphatic hydroxyl groups excluding tert-OH is 1. The quantitative estimate of drug-likeness (QED) is 0.487. The summed E-state index contributed by atoms with van der Waals surface area (Å²) in [7, 11) is 0. The topological polar surface area (TPSA) is 72.6 Å². The Kier molecular flexibility index (Phi) is 4.55. The minimum Gasteiger partial charge on any atom is -0.392 e. The van der Waals surface area contributed by atoms with E-state index in [1.165, 1.54) is 50.5 Å². The molecule has 0 aromatic heterocycles. The lowest BCUT2D eigenvalue weighted by atomic mass is 9.60. The predicted octanol–water partition coefficient (Wildman–Crippen LogP) is 3.30. The number of benzene rings is 1. The number of nitrogens with one attached hydrogen (secondary N) is 1. The van der Waals surface area contributed by atoms with Gasteiger partial charge in [0.15, 0.2) is 0 Å². The summed E-state index contributed by atoms with van der Waals surface area (Å²) in [5.41, 5.74) is 1.41. The smallest absolute Gasteiger partial charge is 0.150 e. The standard InChI is InChI=1S/C28H38N2O3/c1-16(18-6-4-17(14-31)5-7-18)25-21-9-8-19-12-20-13-22(32)27(10-2-3-11-27)26(20)29-24(19)23(21)28(33)15-30(25)28/h4-7,14,16,19-26,29,32-33H,2-3,8-13,15H2,1H3/t16-,19+,20-,21-,22+,23-,24-,25-,26+,28+,30?/m1/s1. The van der Waals surface area contributed by atoms with Crippen LogP contribution in [0.25, 0.3) is 0 Å². The molecule has 3 heterocycles. The van der Waals surface area contributed by atoms with Gasteiger partial charge >= 0.3 is 0 Å². The van der Waals surface area contributed by atoms with Gasteiger partial charge in [-0.25, -0.2) is 0 Å². The Morgan fingerprint density at radius 3 is 2.61 bits per heavy atom. The molecular weight excluding hydrogens is 412 g/mol. The van der Waals surface area contributed by atoms with Gasteiger partial charge < -0.3 is 15.5 Å². The minimum atomic E-state index is -0.657. The van der Waals surface area contributed by atoms with Gasteiger partial charge in [-0.05, 0) is 67.8 Å². The van der Waals surface area contributed by atoms with Crippen LogP contribution in [0.2, 0.25) is 0 Å². The van der Waals surface area contributed by atoms with Gasteiger partial charge in [-0.2, -0.15) is 0 Å². The van der Waals surface area contributed by atoms with Gasteiger partial charge in [-0.15, -0.1) is 0 Å². The molecule has 7 rings (SSSR count). The molecular formula is C28H38N2O3. The van der Waals surface area contributed by atoms with E-state index in [1.807, 2.05) is 12.1 Å². The monoisotopic (exact) mass is 450 g/mol. The number of hydrogen-bond donors (Lipinski definition) is 3. The highest BCUT2D eigenvalue weighted by Gasteiger charge is 2.73. The number of carbonyl (C=O) groups excluding carboxylic acids is 1. The Labute approximate surface area is 196 Å². The molecule has 0 amide bonds. The Morgan fingerprint density at radius 1 is 1.12 bits per heavy atom. The molecule has 33 heavy (non-hydrogen) atoms. The molecule has 6 aliphatic rings. The van der Waals surface area contributed by atoms with Crippen molar-refractivity contribution in [3.8, 4) is 0 Å². The molecule has 6 fully saturated rings. The van der Waals surface area contributed by atoms with E-state index in [2.05, 4.69) is 29.3 Å². The van der Waals surface area contributed by atoms with E-state index >= 15 is 0 Å². The third kappa shape index (κ3) is 2.77. The first-order valence-corrected chi connectivity index (χ1v) is 13.4. The molecule has 1 unspecified atom stereocenters. The van der Waals surface area contributed by atoms with Gasteiger partial charge in [0.1, 0.15) is 12.0 Å². The molecule has 1 aromatic rings. The molecule has 3 saturated carbocycles. The van der Waals surface area contributed by atoms with E-state index < -0.39 is 5.72 Å². The molecule has 11 atom stereocenters. The summed E-state index contributed by atoms with van der Waals surface area (Å²) in [6.07, 6.45) is 10.2.